The van der Waals surface area contributed by atoms with Crippen molar-refractivity contribution in [3.05, 3.63) is 34.2 Å². The average molecular weight is 227 g/mol. The molecule has 1 aromatic heterocycles. The molecule has 1 fully saturated rings. The molecule has 2 aliphatic heterocycles. The Balaban J connectivity index is 0.000000853. The molecule has 0 saturated carbocycles. The molecule has 3 nitrogen and oxygen atoms in total. The molecule has 0 aliphatic carbocycles. The van der Waals surface area contributed by atoms with Crippen LogP contribution in [-0.4, -0.2) is 17.7 Å². The molecule has 2 atom stereocenters. The van der Waals surface area contributed by atoms with Crippen LogP contribution < -0.4 is 10.9 Å². The molecule has 3 heterocycles. The summed E-state index contributed by atoms with van der Waals surface area (Å²) in [5, 5.41) is 3.43. The van der Waals surface area contributed by atoms with E-state index in [2.05, 4.69) is 11.4 Å². The molecule has 0 spiro atoms. The lowest BCUT2D eigenvalue weighted by Crippen LogP contribution is -2.44. The van der Waals surface area contributed by atoms with Crippen molar-refractivity contribution in [1.29, 1.82) is 0 Å². The maximum Gasteiger partial charge on any atom is 0.250 e. The number of nitrogens with one attached hydrogen (secondary N) is 1. The lowest BCUT2D eigenvalue weighted by Gasteiger charge is -2.37. The Labute approximate surface area is 94.9 Å². The van der Waals surface area contributed by atoms with Crippen LogP contribution in [0.1, 0.15) is 18.0 Å². The van der Waals surface area contributed by atoms with Gasteiger partial charge in [-0.25, -0.2) is 0 Å². The largest absolute Gasteiger partial charge is 0.316 e. The number of pyridine rings is 1. The number of hydrogen-bond donors (Lipinski definition) is 1. The Hall–Kier alpha value is -0.800. The smallest absolute Gasteiger partial charge is 0.250 e. The van der Waals surface area contributed by atoms with Crippen LogP contribution in [0, 0.1) is 5.92 Å². The summed E-state index contributed by atoms with van der Waals surface area (Å²) in [6.07, 6.45) is 1.25. The third-order valence-electron chi connectivity index (χ3n) is 3.38. The van der Waals surface area contributed by atoms with E-state index < -0.39 is 0 Å². The molecule has 2 aliphatic rings. The second-order valence-electron chi connectivity index (χ2n) is 4.36. The van der Waals surface area contributed by atoms with E-state index in [1.807, 2.05) is 10.6 Å². The Morgan fingerprint density at radius 3 is 3.07 bits per heavy atom. The minimum atomic E-state index is 0. The molecule has 3 rings (SSSR count). The van der Waals surface area contributed by atoms with Gasteiger partial charge >= 0.3 is 0 Å². The number of halogens is 1. The monoisotopic (exact) mass is 226 g/mol. The van der Waals surface area contributed by atoms with E-state index in [1.54, 1.807) is 6.07 Å². The first-order valence-corrected chi connectivity index (χ1v) is 5.25. The van der Waals surface area contributed by atoms with Crippen LogP contribution in [0.5, 0.6) is 0 Å². The number of rotatable bonds is 0. The minimum absolute atomic E-state index is 0. The summed E-state index contributed by atoms with van der Waals surface area (Å²) in [6.45, 7) is 3.00. The van der Waals surface area contributed by atoms with E-state index in [0.29, 0.717) is 11.8 Å². The van der Waals surface area contributed by atoms with Crippen LogP contribution in [-0.2, 0) is 6.54 Å². The predicted molar refractivity (Wildman–Crippen MR) is 61.7 cm³/mol. The molecule has 15 heavy (non-hydrogen) atoms. The number of nitrogens with zero attached hydrogens (tertiary/aromatic N) is 1. The second-order valence-corrected chi connectivity index (χ2v) is 4.36. The van der Waals surface area contributed by atoms with Gasteiger partial charge in [0.05, 0.1) is 0 Å². The summed E-state index contributed by atoms with van der Waals surface area (Å²) in [4.78, 5) is 11.6. The van der Waals surface area contributed by atoms with Gasteiger partial charge in [0.15, 0.2) is 0 Å². The number of hydrogen-bond acceptors (Lipinski definition) is 2. The maximum absolute atomic E-state index is 11.6. The maximum atomic E-state index is 11.6. The van der Waals surface area contributed by atoms with E-state index in [-0.39, 0.29) is 18.0 Å². The SMILES string of the molecule is Cl.O=c1cccc2n1C[C@H]1CNC[C@H]2C1. The van der Waals surface area contributed by atoms with Gasteiger partial charge in [-0.15, -0.1) is 12.4 Å². The first-order valence-electron chi connectivity index (χ1n) is 5.25. The van der Waals surface area contributed by atoms with E-state index >= 15 is 0 Å². The summed E-state index contributed by atoms with van der Waals surface area (Å²) in [7, 11) is 0. The summed E-state index contributed by atoms with van der Waals surface area (Å²) >= 11 is 0. The number of aromatic nitrogens is 1. The van der Waals surface area contributed by atoms with Crippen molar-refractivity contribution in [2.24, 2.45) is 5.92 Å². The van der Waals surface area contributed by atoms with E-state index in [4.69, 9.17) is 0 Å². The third-order valence-corrected chi connectivity index (χ3v) is 3.38. The highest BCUT2D eigenvalue weighted by Gasteiger charge is 2.30. The first kappa shape index (κ1) is 10.7. The normalized spacial score (nSPS) is 27.7. The van der Waals surface area contributed by atoms with Crippen LogP contribution in [0.15, 0.2) is 23.0 Å². The van der Waals surface area contributed by atoms with Gasteiger partial charge in [0.2, 0.25) is 0 Å². The molecule has 1 N–H and O–H groups in total. The van der Waals surface area contributed by atoms with Crippen LogP contribution in [0.4, 0.5) is 0 Å². The molecular formula is C11H15ClN2O. The van der Waals surface area contributed by atoms with E-state index in [1.165, 1.54) is 12.1 Å². The highest BCUT2D eigenvalue weighted by atomic mass is 35.5. The number of piperidine rings is 1. The van der Waals surface area contributed by atoms with Gasteiger partial charge in [0.25, 0.3) is 5.56 Å². The van der Waals surface area contributed by atoms with Gasteiger partial charge in [0.1, 0.15) is 0 Å². The average Bonchev–Trinajstić information content (AvgIpc) is 2.20. The second kappa shape index (κ2) is 3.99. The minimum Gasteiger partial charge on any atom is -0.316 e. The molecule has 1 aromatic rings. The highest BCUT2D eigenvalue weighted by molar-refractivity contribution is 5.85. The Bertz CT molecular complexity index is 415. The lowest BCUT2D eigenvalue weighted by molar-refractivity contribution is 0.257. The molecule has 0 unspecified atom stereocenters. The molecule has 0 radical (unpaired) electrons. The van der Waals surface area contributed by atoms with Gasteiger partial charge in [-0.2, -0.15) is 0 Å². The van der Waals surface area contributed by atoms with Crippen molar-refractivity contribution in [2.45, 2.75) is 18.9 Å². The molecule has 0 amide bonds. The fraction of sp³-hybridized carbons (Fsp3) is 0.545. The lowest BCUT2D eigenvalue weighted by atomic mass is 9.84. The zero-order valence-corrected chi connectivity index (χ0v) is 9.30. The predicted octanol–water partition coefficient (Wildman–Crippen LogP) is 0.977. The van der Waals surface area contributed by atoms with Crippen molar-refractivity contribution in [2.75, 3.05) is 13.1 Å². The summed E-state index contributed by atoms with van der Waals surface area (Å²) in [6, 6.07) is 5.64. The van der Waals surface area contributed by atoms with Crippen LogP contribution in [0.2, 0.25) is 0 Å². The molecule has 1 saturated heterocycles. The zero-order chi connectivity index (χ0) is 9.54. The topological polar surface area (TPSA) is 34.0 Å². The van der Waals surface area contributed by atoms with Gasteiger partial charge in [-0.3, -0.25) is 4.79 Å². The molecule has 4 heteroatoms. The van der Waals surface area contributed by atoms with Crippen molar-refractivity contribution >= 4 is 12.4 Å². The Kier molecular flexibility index (Phi) is 2.85. The first-order chi connectivity index (χ1) is 6.84. The molecular weight excluding hydrogens is 212 g/mol. The van der Waals surface area contributed by atoms with Crippen molar-refractivity contribution in [1.82, 2.24) is 9.88 Å². The summed E-state index contributed by atoms with van der Waals surface area (Å²) < 4.78 is 1.96. The third kappa shape index (κ3) is 1.70. The van der Waals surface area contributed by atoms with Gasteiger partial charge in [-0.1, -0.05) is 6.07 Å². The van der Waals surface area contributed by atoms with E-state index in [0.717, 1.165) is 19.6 Å². The van der Waals surface area contributed by atoms with Crippen molar-refractivity contribution in [3.8, 4) is 0 Å². The number of fused-ring (bicyclic) bond motifs is 4. The van der Waals surface area contributed by atoms with Gasteiger partial charge in [0, 0.05) is 30.8 Å². The van der Waals surface area contributed by atoms with Crippen LogP contribution in [0.3, 0.4) is 0 Å². The summed E-state index contributed by atoms with van der Waals surface area (Å²) in [5.74, 6) is 1.21. The van der Waals surface area contributed by atoms with E-state index in [9.17, 15) is 4.79 Å². The highest BCUT2D eigenvalue weighted by Crippen LogP contribution is 2.31. The van der Waals surface area contributed by atoms with Gasteiger partial charge in [-0.05, 0) is 24.9 Å². The van der Waals surface area contributed by atoms with Gasteiger partial charge < -0.3 is 9.88 Å². The fourth-order valence-corrected chi connectivity index (χ4v) is 2.74. The van der Waals surface area contributed by atoms with Crippen LogP contribution in [0.25, 0.3) is 0 Å². The Morgan fingerprint density at radius 1 is 1.33 bits per heavy atom. The summed E-state index contributed by atoms with van der Waals surface area (Å²) in [5.41, 5.74) is 1.39. The standard InChI is InChI=1S/C11H14N2O.ClH/c14-11-3-1-2-10-9-4-8(5-12-6-9)7-13(10)11;/h1-3,8-9,12H,4-7H2;1H/t8-,9-;/m1./s1. The van der Waals surface area contributed by atoms with Crippen molar-refractivity contribution < 1.29 is 0 Å². The molecule has 0 aromatic carbocycles. The fourth-order valence-electron chi connectivity index (χ4n) is 2.74. The Morgan fingerprint density at radius 2 is 2.20 bits per heavy atom. The zero-order valence-electron chi connectivity index (χ0n) is 8.48. The molecule has 82 valence electrons. The quantitative estimate of drug-likeness (QED) is 0.716. The van der Waals surface area contributed by atoms with Crippen LogP contribution >= 0.6 is 12.4 Å². The van der Waals surface area contributed by atoms with Crippen molar-refractivity contribution in [3.63, 3.8) is 0 Å². The molecule has 2 bridgehead atoms.